The van der Waals surface area contributed by atoms with Gasteiger partial charge in [0.2, 0.25) is 0 Å². The third-order valence-corrected chi connectivity index (χ3v) is 4.15. The lowest BCUT2D eigenvalue weighted by molar-refractivity contribution is 0.240. The number of hydrogen-bond acceptors (Lipinski definition) is 2. The molecule has 0 radical (unpaired) electrons. The zero-order valence-corrected chi connectivity index (χ0v) is 14.6. The summed E-state index contributed by atoms with van der Waals surface area (Å²) in [6.45, 7) is 0.889. The van der Waals surface area contributed by atoms with Gasteiger partial charge in [-0.3, -0.25) is 0 Å². The third kappa shape index (κ3) is 4.72. The molecule has 2 amide bonds. The number of urea groups is 1. The molecule has 0 bridgehead atoms. The van der Waals surface area contributed by atoms with E-state index in [1.54, 1.807) is 13.2 Å². The molecule has 0 spiro atoms. The molecule has 134 valence electrons. The van der Waals surface area contributed by atoms with E-state index < -0.39 is 0 Å². The second-order valence-corrected chi connectivity index (χ2v) is 6.04. The topological polar surface area (TPSA) is 50.4 Å². The van der Waals surface area contributed by atoms with Crippen molar-refractivity contribution in [2.24, 2.45) is 0 Å². The highest BCUT2D eigenvalue weighted by molar-refractivity contribution is 5.84. The predicted octanol–water partition coefficient (Wildman–Crippen LogP) is 4.03. The lowest BCUT2D eigenvalue weighted by Crippen LogP contribution is -2.36. The van der Waals surface area contributed by atoms with E-state index in [0.717, 1.165) is 27.6 Å². The minimum atomic E-state index is -0.263. The van der Waals surface area contributed by atoms with E-state index in [1.807, 2.05) is 42.5 Å². The van der Waals surface area contributed by atoms with E-state index in [0.29, 0.717) is 19.5 Å². The zero-order chi connectivity index (χ0) is 18.4. The molecule has 0 heterocycles. The summed E-state index contributed by atoms with van der Waals surface area (Å²) >= 11 is 0. The van der Waals surface area contributed by atoms with Crippen molar-refractivity contribution >= 4 is 16.8 Å². The molecule has 0 saturated carbocycles. The Hall–Kier alpha value is -3.08. The van der Waals surface area contributed by atoms with Crippen LogP contribution in [-0.2, 0) is 13.0 Å². The summed E-state index contributed by atoms with van der Waals surface area (Å²) in [4.78, 5) is 11.9. The first-order valence-corrected chi connectivity index (χ1v) is 8.47. The number of fused-ring (bicyclic) bond motifs is 1. The summed E-state index contributed by atoms with van der Waals surface area (Å²) in [7, 11) is 1.65. The van der Waals surface area contributed by atoms with Crippen LogP contribution in [0.3, 0.4) is 0 Å². The number of halogens is 1. The van der Waals surface area contributed by atoms with Crippen molar-refractivity contribution in [3.63, 3.8) is 0 Å². The van der Waals surface area contributed by atoms with Gasteiger partial charge in [-0.1, -0.05) is 30.3 Å². The fourth-order valence-corrected chi connectivity index (χ4v) is 2.77. The van der Waals surface area contributed by atoms with E-state index in [1.165, 1.54) is 12.1 Å². The van der Waals surface area contributed by atoms with Gasteiger partial charge in [-0.15, -0.1) is 0 Å². The first-order chi connectivity index (χ1) is 12.6. The molecule has 3 aromatic carbocycles. The van der Waals surface area contributed by atoms with Crippen molar-refractivity contribution in [3.05, 3.63) is 77.6 Å². The average Bonchev–Trinajstić information content (AvgIpc) is 2.66. The summed E-state index contributed by atoms with van der Waals surface area (Å²) < 4.78 is 18.3. The largest absolute Gasteiger partial charge is 0.497 e. The molecule has 0 aromatic heterocycles. The number of methoxy groups -OCH3 is 1. The lowest BCUT2D eigenvalue weighted by Gasteiger charge is -2.09. The maximum Gasteiger partial charge on any atom is 0.315 e. The summed E-state index contributed by atoms with van der Waals surface area (Å²) in [5.74, 6) is 0.557. The molecule has 0 saturated heterocycles. The fourth-order valence-electron chi connectivity index (χ4n) is 2.77. The molecule has 3 aromatic rings. The van der Waals surface area contributed by atoms with Crippen LogP contribution in [0.2, 0.25) is 0 Å². The van der Waals surface area contributed by atoms with Gasteiger partial charge in [0, 0.05) is 13.1 Å². The van der Waals surface area contributed by atoms with Gasteiger partial charge in [0.05, 0.1) is 7.11 Å². The highest BCUT2D eigenvalue weighted by atomic mass is 19.1. The van der Waals surface area contributed by atoms with Crippen molar-refractivity contribution in [1.29, 1.82) is 0 Å². The molecule has 0 atom stereocenters. The number of carbonyl (C=O) groups excluding carboxylic acids is 1. The number of nitrogens with one attached hydrogen (secondary N) is 2. The van der Waals surface area contributed by atoms with Gasteiger partial charge >= 0.3 is 6.03 Å². The Morgan fingerprint density at radius 3 is 2.58 bits per heavy atom. The van der Waals surface area contributed by atoms with Gasteiger partial charge in [0.25, 0.3) is 0 Å². The fraction of sp³-hybridized carbons (Fsp3) is 0.190. The molecule has 26 heavy (non-hydrogen) atoms. The first kappa shape index (κ1) is 17.7. The van der Waals surface area contributed by atoms with Crippen LogP contribution in [0.15, 0.2) is 60.7 Å². The van der Waals surface area contributed by atoms with E-state index in [4.69, 9.17) is 4.74 Å². The van der Waals surface area contributed by atoms with Crippen LogP contribution >= 0.6 is 0 Å². The Balaban J connectivity index is 1.48. The summed E-state index contributed by atoms with van der Waals surface area (Å²) in [5, 5.41) is 7.80. The minimum absolute atomic E-state index is 0.240. The van der Waals surface area contributed by atoms with Crippen LogP contribution in [0, 0.1) is 5.82 Å². The Kier molecular flexibility index (Phi) is 5.69. The van der Waals surface area contributed by atoms with Crippen LogP contribution in [-0.4, -0.2) is 19.7 Å². The van der Waals surface area contributed by atoms with Crippen molar-refractivity contribution < 1.29 is 13.9 Å². The summed E-state index contributed by atoms with van der Waals surface area (Å²) in [6, 6.07) is 18.1. The number of carbonyl (C=O) groups is 1. The van der Waals surface area contributed by atoms with Crippen LogP contribution in [0.1, 0.15) is 11.1 Å². The van der Waals surface area contributed by atoms with Crippen molar-refractivity contribution in [3.8, 4) is 5.75 Å². The molecule has 0 unspecified atom stereocenters. The molecule has 0 aliphatic rings. The molecule has 2 N–H and O–H groups in total. The molecule has 0 fully saturated rings. The Morgan fingerprint density at radius 1 is 0.962 bits per heavy atom. The second-order valence-electron chi connectivity index (χ2n) is 6.04. The zero-order valence-electron chi connectivity index (χ0n) is 14.6. The highest BCUT2D eigenvalue weighted by Gasteiger charge is 2.03. The quantitative estimate of drug-likeness (QED) is 0.704. The van der Waals surface area contributed by atoms with Crippen LogP contribution in [0.25, 0.3) is 10.8 Å². The second kappa shape index (κ2) is 8.34. The molecule has 0 aliphatic heterocycles. The van der Waals surface area contributed by atoms with Gasteiger partial charge < -0.3 is 15.4 Å². The summed E-state index contributed by atoms with van der Waals surface area (Å²) in [6.07, 6.45) is 0.586. The molecule has 5 heteroatoms. The van der Waals surface area contributed by atoms with Gasteiger partial charge in [0.15, 0.2) is 0 Å². The maximum atomic E-state index is 13.1. The highest BCUT2D eigenvalue weighted by Crippen LogP contribution is 2.21. The van der Waals surface area contributed by atoms with Crippen LogP contribution in [0.4, 0.5) is 9.18 Å². The number of benzene rings is 3. The maximum absolute atomic E-state index is 13.1. The normalized spacial score (nSPS) is 10.5. The minimum Gasteiger partial charge on any atom is -0.497 e. The van der Waals surface area contributed by atoms with Crippen molar-refractivity contribution in [2.45, 2.75) is 13.0 Å². The number of ether oxygens (including phenoxy) is 1. The molecular formula is C21H21FN2O2. The van der Waals surface area contributed by atoms with Crippen molar-refractivity contribution in [2.75, 3.05) is 13.7 Å². The monoisotopic (exact) mass is 352 g/mol. The Labute approximate surface area is 152 Å². The predicted molar refractivity (Wildman–Crippen MR) is 101 cm³/mol. The lowest BCUT2D eigenvalue weighted by atomic mass is 10.1. The third-order valence-electron chi connectivity index (χ3n) is 4.15. The molecule has 3 rings (SSSR count). The molecule has 0 aliphatic carbocycles. The van der Waals surface area contributed by atoms with Crippen molar-refractivity contribution in [1.82, 2.24) is 10.6 Å². The SMILES string of the molecule is COc1ccc2cc(CNC(=O)NCCc3cccc(F)c3)ccc2c1. The van der Waals surface area contributed by atoms with E-state index in [9.17, 15) is 9.18 Å². The van der Waals surface area contributed by atoms with E-state index in [2.05, 4.69) is 10.6 Å². The number of rotatable bonds is 6. The molecule has 4 nitrogen and oxygen atoms in total. The Bertz CT molecular complexity index is 911. The van der Waals surface area contributed by atoms with Gasteiger partial charge in [-0.25, -0.2) is 9.18 Å². The standard InChI is InChI=1S/C21H21FN2O2/c1-26-20-8-7-17-11-16(5-6-18(17)13-20)14-24-21(25)23-10-9-15-3-2-4-19(22)12-15/h2-8,11-13H,9-10,14H2,1H3,(H2,23,24,25). The van der Waals surface area contributed by atoms with E-state index >= 15 is 0 Å². The number of amides is 2. The van der Waals surface area contributed by atoms with Crippen LogP contribution < -0.4 is 15.4 Å². The van der Waals surface area contributed by atoms with Gasteiger partial charge in [-0.05, 0) is 58.7 Å². The van der Waals surface area contributed by atoms with E-state index in [-0.39, 0.29) is 11.8 Å². The Morgan fingerprint density at radius 2 is 1.77 bits per heavy atom. The average molecular weight is 352 g/mol. The van der Waals surface area contributed by atoms with Gasteiger partial charge in [-0.2, -0.15) is 0 Å². The summed E-state index contributed by atoms with van der Waals surface area (Å²) in [5.41, 5.74) is 1.87. The number of hydrogen-bond donors (Lipinski definition) is 2. The first-order valence-electron chi connectivity index (χ1n) is 8.47. The molecular weight excluding hydrogens is 331 g/mol. The van der Waals surface area contributed by atoms with Gasteiger partial charge in [0.1, 0.15) is 11.6 Å². The smallest absolute Gasteiger partial charge is 0.315 e. The van der Waals surface area contributed by atoms with Crippen LogP contribution in [0.5, 0.6) is 5.75 Å².